The molecular weight excluding hydrogens is 430 g/mol. The van der Waals surface area contributed by atoms with Gasteiger partial charge in [-0.2, -0.15) is 5.10 Å². The Labute approximate surface area is 196 Å². The maximum Gasteiger partial charge on any atom is 0.332 e. The third-order valence-electron chi connectivity index (χ3n) is 7.40. The van der Waals surface area contributed by atoms with Crippen LogP contribution in [0.2, 0.25) is 0 Å². The number of hydrogen-bond acceptors (Lipinski definition) is 5. The zero-order valence-electron chi connectivity index (χ0n) is 19.4. The molecule has 0 spiro atoms. The summed E-state index contributed by atoms with van der Waals surface area (Å²) in [6, 6.07) is 14.4. The molecule has 1 saturated heterocycles. The van der Waals surface area contributed by atoms with Crippen molar-refractivity contribution in [1.29, 1.82) is 0 Å². The lowest BCUT2D eigenvalue weighted by molar-refractivity contribution is 0.265. The van der Waals surface area contributed by atoms with E-state index in [0.717, 1.165) is 48.6 Å². The van der Waals surface area contributed by atoms with Crippen molar-refractivity contribution in [3.8, 4) is 0 Å². The molecule has 8 nitrogen and oxygen atoms in total. The molecule has 1 aliphatic carbocycles. The molecule has 34 heavy (non-hydrogen) atoms. The Morgan fingerprint density at radius 2 is 1.85 bits per heavy atom. The van der Waals surface area contributed by atoms with Gasteiger partial charge < -0.3 is 10.0 Å². The minimum absolute atomic E-state index is 0.0168. The summed E-state index contributed by atoms with van der Waals surface area (Å²) in [6.07, 6.45) is 3.99. The standard InChI is InChI=1S/C26H29N5O3/c1-28-25(33)22-23(30(26(28)34)14-17-11-12-17)27-31(24(22)29-13-5-9-20(29)16-32)15-19-8-4-7-18-6-2-3-10-21(18)19/h2-4,6-8,10,17,20,32H,5,9,11-16H2,1H3/t20-/m0/s1. The minimum Gasteiger partial charge on any atom is -0.394 e. The predicted octanol–water partition coefficient (Wildman–Crippen LogP) is 2.47. The molecule has 0 unspecified atom stereocenters. The Morgan fingerprint density at radius 3 is 2.65 bits per heavy atom. The zero-order chi connectivity index (χ0) is 23.4. The van der Waals surface area contributed by atoms with Crippen LogP contribution in [0.25, 0.3) is 21.8 Å². The average molecular weight is 460 g/mol. The van der Waals surface area contributed by atoms with E-state index in [9.17, 15) is 14.7 Å². The minimum atomic E-state index is -0.324. The van der Waals surface area contributed by atoms with E-state index in [1.807, 2.05) is 22.9 Å². The molecule has 1 aliphatic heterocycles. The first-order valence-corrected chi connectivity index (χ1v) is 12.1. The van der Waals surface area contributed by atoms with E-state index in [1.165, 1.54) is 4.57 Å². The summed E-state index contributed by atoms with van der Waals surface area (Å²) in [5.74, 6) is 1.17. The van der Waals surface area contributed by atoms with E-state index >= 15 is 0 Å². The van der Waals surface area contributed by atoms with Crippen LogP contribution >= 0.6 is 0 Å². The molecule has 0 amide bonds. The van der Waals surface area contributed by atoms with E-state index in [0.29, 0.717) is 35.9 Å². The molecule has 4 aromatic rings. The fourth-order valence-electron chi connectivity index (χ4n) is 5.37. The van der Waals surface area contributed by atoms with Gasteiger partial charge in [0.15, 0.2) is 5.65 Å². The van der Waals surface area contributed by atoms with E-state index in [4.69, 9.17) is 5.10 Å². The number of nitrogens with zero attached hydrogens (tertiary/aromatic N) is 5. The van der Waals surface area contributed by atoms with Crippen molar-refractivity contribution in [2.24, 2.45) is 13.0 Å². The van der Waals surface area contributed by atoms with Gasteiger partial charge >= 0.3 is 5.69 Å². The number of hydrogen-bond donors (Lipinski definition) is 1. The Morgan fingerprint density at radius 1 is 1.06 bits per heavy atom. The van der Waals surface area contributed by atoms with Crippen LogP contribution in [0.4, 0.5) is 5.82 Å². The monoisotopic (exact) mass is 459 g/mol. The van der Waals surface area contributed by atoms with Crippen LogP contribution in [0.3, 0.4) is 0 Å². The number of aromatic nitrogens is 4. The molecule has 8 heteroatoms. The number of rotatable bonds is 6. The fourth-order valence-corrected chi connectivity index (χ4v) is 5.37. The van der Waals surface area contributed by atoms with Crippen molar-refractivity contribution in [3.05, 3.63) is 68.9 Å². The van der Waals surface area contributed by atoms with Gasteiger partial charge in [-0.05, 0) is 47.9 Å². The van der Waals surface area contributed by atoms with Gasteiger partial charge in [0, 0.05) is 20.1 Å². The van der Waals surface area contributed by atoms with Crippen LogP contribution in [0, 0.1) is 5.92 Å². The van der Waals surface area contributed by atoms with Crippen molar-refractivity contribution in [2.45, 2.75) is 44.8 Å². The Bertz CT molecular complexity index is 1510. The summed E-state index contributed by atoms with van der Waals surface area (Å²) in [5.41, 5.74) is 0.916. The number of fused-ring (bicyclic) bond motifs is 2. The molecule has 1 N–H and O–H groups in total. The van der Waals surface area contributed by atoms with Crippen LogP contribution in [0.5, 0.6) is 0 Å². The highest BCUT2D eigenvalue weighted by Crippen LogP contribution is 2.34. The molecule has 176 valence electrons. The average Bonchev–Trinajstić information content (AvgIpc) is 3.42. The van der Waals surface area contributed by atoms with Gasteiger partial charge in [-0.1, -0.05) is 42.5 Å². The second-order valence-corrected chi connectivity index (χ2v) is 9.69. The van der Waals surface area contributed by atoms with Crippen molar-refractivity contribution >= 4 is 27.6 Å². The summed E-state index contributed by atoms with van der Waals surface area (Å²) in [4.78, 5) is 28.7. The summed E-state index contributed by atoms with van der Waals surface area (Å²) in [6.45, 7) is 1.81. The largest absolute Gasteiger partial charge is 0.394 e. The Hall–Kier alpha value is -3.39. The summed E-state index contributed by atoms with van der Waals surface area (Å²) < 4.78 is 4.77. The van der Waals surface area contributed by atoms with Crippen molar-refractivity contribution in [2.75, 3.05) is 18.1 Å². The third-order valence-corrected chi connectivity index (χ3v) is 7.40. The van der Waals surface area contributed by atoms with E-state index in [2.05, 4.69) is 29.2 Å². The SMILES string of the molecule is Cn1c(=O)c2c(N3CCC[C@H]3CO)n(Cc3cccc4ccccc34)nc2n(CC2CC2)c1=O. The molecule has 6 rings (SSSR count). The Kier molecular flexibility index (Phi) is 5.06. The van der Waals surface area contributed by atoms with Gasteiger partial charge in [0.1, 0.15) is 11.2 Å². The quantitative estimate of drug-likeness (QED) is 0.479. The van der Waals surface area contributed by atoms with Gasteiger partial charge in [-0.3, -0.25) is 13.9 Å². The molecule has 1 saturated carbocycles. The van der Waals surface area contributed by atoms with Crippen LogP contribution in [0.1, 0.15) is 31.2 Å². The number of anilines is 1. The maximum absolute atomic E-state index is 13.5. The summed E-state index contributed by atoms with van der Waals surface area (Å²) >= 11 is 0. The highest BCUT2D eigenvalue weighted by atomic mass is 16.3. The molecule has 0 bridgehead atoms. The second kappa shape index (κ2) is 8.13. The number of benzene rings is 2. The van der Waals surface area contributed by atoms with Crippen LogP contribution < -0.4 is 16.1 Å². The smallest absolute Gasteiger partial charge is 0.332 e. The van der Waals surface area contributed by atoms with Crippen LogP contribution in [0.15, 0.2) is 52.1 Å². The fraction of sp³-hybridized carbons (Fsp3) is 0.423. The number of aliphatic hydroxyl groups is 1. The molecule has 0 radical (unpaired) electrons. The third kappa shape index (κ3) is 3.36. The first-order chi connectivity index (χ1) is 16.6. The second-order valence-electron chi connectivity index (χ2n) is 9.69. The molecule has 2 aliphatic rings. The first-order valence-electron chi connectivity index (χ1n) is 12.1. The lowest BCUT2D eigenvalue weighted by atomic mass is 10.0. The lowest BCUT2D eigenvalue weighted by Crippen LogP contribution is -2.39. The van der Waals surface area contributed by atoms with Gasteiger partial charge in [0.05, 0.1) is 19.2 Å². The molecule has 1 atom stereocenters. The summed E-state index contributed by atoms with van der Waals surface area (Å²) in [5, 5.41) is 17.7. The van der Waals surface area contributed by atoms with Gasteiger partial charge in [0.25, 0.3) is 5.56 Å². The zero-order valence-corrected chi connectivity index (χ0v) is 19.4. The maximum atomic E-state index is 13.5. The predicted molar refractivity (Wildman–Crippen MR) is 132 cm³/mol. The Balaban J connectivity index is 1.61. The van der Waals surface area contributed by atoms with Crippen molar-refractivity contribution in [1.82, 2.24) is 18.9 Å². The number of aliphatic hydroxyl groups excluding tert-OH is 1. The summed E-state index contributed by atoms with van der Waals surface area (Å²) in [7, 11) is 1.55. The molecule has 2 fully saturated rings. The van der Waals surface area contributed by atoms with Crippen molar-refractivity contribution in [3.63, 3.8) is 0 Å². The molecule has 2 aromatic carbocycles. The van der Waals surface area contributed by atoms with Gasteiger partial charge in [-0.25, -0.2) is 9.48 Å². The van der Waals surface area contributed by atoms with Crippen molar-refractivity contribution < 1.29 is 5.11 Å². The molecule has 3 heterocycles. The van der Waals surface area contributed by atoms with E-state index in [-0.39, 0.29) is 23.9 Å². The molecular formula is C26H29N5O3. The van der Waals surface area contributed by atoms with E-state index < -0.39 is 0 Å². The van der Waals surface area contributed by atoms with Gasteiger partial charge in [-0.15, -0.1) is 0 Å². The highest BCUT2D eigenvalue weighted by Gasteiger charge is 2.33. The topological polar surface area (TPSA) is 85.3 Å². The van der Waals surface area contributed by atoms with Crippen LogP contribution in [-0.4, -0.2) is 43.2 Å². The van der Waals surface area contributed by atoms with Crippen LogP contribution in [-0.2, 0) is 20.1 Å². The molecule has 2 aromatic heterocycles. The first kappa shape index (κ1) is 21.2. The highest BCUT2D eigenvalue weighted by molar-refractivity contribution is 5.89. The van der Waals surface area contributed by atoms with Gasteiger partial charge in [0.2, 0.25) is 0 Å². The normalized spacial score (nSPS) is 18.4. The lowest BCUT2D eigenvalue weighted by Gasteiger charge is -2.26. The van der Waals surface area contributed by atoms with E-state index in [1.54, 1.807) is 11.6 Å².